The van der Waals surface area contributed by atoms with Crippen LogP contribution in [0.1, 0.15) is 25.7 Å². The average Bonchev–Trinajstić information content (AvgIpc) is 2.45. The van der Waals surface area contributed by atoms with Crippen LogP contribution in [0.4, 0.5) is 0 Å². The molecule has 0 bridgehead atoms. The Kier molecular flexibility index (Phi) is 5.54. The molecule has 0 amide bonds. The van der Waals surface area contributed by atoms with Gasteiger partial charge >= 0.3 is 0 Å². The molecule has 0 aromatic heterocycles. The van der Waals surface area contributed by atoms with Crippen LogP contribution in [0.5, 0.6) is 0 Å². The molecule has 21 heavy (non-hydrogen) atoms. The van der Waals surface area contributed by atoms with Crippen LogP contribution >= 0.6 is 23.2 Å². The fourth-order valence-electron chi connectivity index (χ4n) is 2.96. The molecule has 0 heterocycles. The zero-order valence-electron chi connectivity index (χ0n) is 11.9. The first kappa shape index (κ1) is 17.0. The molecule has 0 aliphatic heterocycles. The second-order valence-corrected chi connectivity index (χ2v) is 8.34. The van der Waals surface area contributed by atoms with Gasteiger partial charge < -0.3 is 5.73 Å². The Bertz CT molecular complexity index is 587. The zero-order valence-corrected chi connectivity index (χ0v) is 14.3. The molecule has 1 aromatic rings. The van der Waals surface area contributed by atoms with Crippen molar-refractivity contribution in [3.63, 3.8) is 0 Å². The Labute approximate surface area is 136 Å². The molecule has 1 aromatic carbocycles. The fourth-order valence-corrected chi connectivity index (χ4v) is 5.14. The van der Waals surface area contributed by atoms with E-state index in [9.17, 15) is 8.42 Å². The first-order chi connectivity index (χ1) is 9.86. The minimum absolute atomic E-state index is 0.0634. The molecule has 1 saturated carbocycles. The molecule has 118 valence electrons. The predicted molar refractivity (Wildman–Crippen MR) is 86.2 cm³/mol. The summed E-state index contributed by atoms with van der Waals surface area (Å²) >= 11 is 11.8. The number of hydrogen-bond donors (Lipinski definition) is 1. The van der Waals surface area contributed by atoms with Crippen LogP contribution in [0, 0.1) is 5.92 Å². The van der Waals surface area contributed by atoms with Gasteiger partial charge in [-0.25, -0.2) is 8.42 Å². The lowest BCUT2D eigenvalue weighted by molar-refractivity contribution is 0.204. The molecule has 0 radical (unpaired) electrons. The van der Waals surface area contributed by atoms with E-state index in [1.165, 1.54) is 22.5 Å². The quantitative estimate of drug-likeness (QED) is 0.907. The molecule has 7 heteroatoms. The van der Waals surface area contributed by atoms with Gasteiger partial charge in [-0.3, -0.25) is 0 Å². The van der Waals surface area contributed by atoms with Crippen molar-refractivity contribution in [2.75, 3.05) is 13.6 Å². The third-order valence-corrected chi connectivity index (χ3v) is 6.45. The average molecular weight is 351 g/mol. The van der Waals surface area contributed by atoms with E-state index in [1.807, 2.05) is 0 Å². The number of benzene rings is 1. The van der Waals surface area contributed by atoms with Crippen LogP contribution in [0.25, 0.3) is 0 Å². The highest BCUT2D eigenvalue weighted by molar-refractivity contribution is 7.89. The maximum Gasteiger partial charge on any atom is 0.243 e. The van der Waals surface area contributed by atoms with E-state index in [-0.39, 0.29) is 16.9 Å². The van der Waals surface area contributed by atoms with Crippen LogP contribution in [-0.2, 0) is 10.0 Å². The first-order valence-corrected chi connectivity index (χ1v) is 9.20. The summed E-state index contributed by atoms with van der Waals surface area (Å²) < 4.78 is 27.0. The van der Waals surface area contributed by atoms with E-state index < -0.39 is 10.0 Å². The zero-order chi connectivity index (χ0) is 15.6. The van der Waals surface area contributed by atoms with Gasteiger partial charge in [-0.2, -0.15) is 4.31 Å². The molecule has 1 aliphatic rings. The number of halogens is 2. The lowest BCUT2D eigenvalue weighted by Gasteiger charge is -2.36. The lowest BCUT2D eigenvalue weighted by Crippen LogP contribution is -2.45. The summed E-state index contributed by atoms with van der Waals surface area (Å²) in [6.45, 7) is 0.501. The smallest absolute Gasteiger partial charge is 0.243 e. The third-order valence-electron chi connectivity index (χ3n) is 4.15. The number of nitrogens with zero attached hydrogens (tertiary/aromatic N) is 1. The normalized spacial score (nSPS) is 23.5. The summed E-state index contributed by atoms with van der Waals surface area (Å²) in [7, 11) is -2.00. The minimum atomic E-state index is -3.62. The van der Waals surface area contributed by atoms with Crippen molar-refractivity contribution in [1.82, 2.24) is 4.31 Å². The van der Waals surface area contributed by atoms with Gasteiger partial charge in [-0.1, -0.05) is 36.0 Å². The monoisotopic (exact) mass is 350 g/mol. The summed E-state index contributed by atoms with van der Waals surface area (Å²) in [6.07, 6.45) is 3.94. The molecule has 2 unspecified atom stereocenters. The largest absolute Gasteiger partial charge is 0.330 e. The second-order valence-electron chi connectivity index (χ2n) is 5.47. The van der Waals surface area contributed by atoms with Crippen LogP contribution in [0.3, 0.4) is 0 Å². The van der Waals surface area contributed by atoms with Crippen molar-refractivity contribution >= 4 is 33.2 Å². The lowest BCUT2D eigenvalue weighted by atomic mass is 9.85. The number of rotatable bonds is 4. The van der Waals surface area contributed by atoms with Gasteiger partial charge in [0.2, 0.25) is 10.0 Å². The van der Waals surface area contributed by atoms with Crippen LogP contribution < -0.4 is 5.73 Å². The van der Waals surface area contributed by atoms with Gasteiger partial charge in [-0.05, 0) is 43.5 Å². The summed E-state index contributed by atoms with van der Waals surface area (Å²) in [4.78, 5) is 0.129. The Morgan fingerprint density at radius 3 is 2.33 bits per heavy atom. The van der Waals surface area contributed by atoms with E-state index in [4.69, 9.17) is 28.9 Å². The van der Waals surface area contributed by atoms with E-state index >= 15 is 0 Å². The maximum atomic E-state index is 12.8. The summed E-state index contributed by atoms with van der Waals surface area (Å²) in [5.74, 6) is 0.202. The SMILES string of the molecule is CN(C1CCCCC1CN)S(=O)(=O)c1cc(Cl)cc(Cl)c1. The highest BCUT2D eigenvalue weighted by atomic mass is 35.5. The highest BCUT2D eigenvalue weighted by Crippen LogP contribution is 2.32. The summed E-state index contributed by atoms with van der Waals surface area (Å²) in [5, 5.41) is 0.627. The van der Waals surface area contributed by atoms with E-state index in [1.54, 1.807) is 7.05 Å². The third kappa shape index (κ3) is 3.71. The number of sulfonamides is 1. The summed E-state index contributed by atoms with van der Waals surface area (Å²) in [5.41, 5.74) is 5.80. The van der Waals surface area contributed by atoms with Crippen molar-refractivity contribution in [2.24, 2.45) is 11.7 Å². The molecular weight excluding hydrogens is 331 g/mol. The van der Waals surface area contributed by atoms with Gasteiger partial charge in [0.25, 0.3) is 0 Å². The molecule has 4 nitrogen and oxygen atoms in total. The molecule has 1 fully saturated rings. The van der Waals surface area contributed by atoms with Crippen molar-refractivity contribution < 1.29 is 8.42 Å². The van der Waals surface area contributed by atoms with Gasteiger partial charge in [-0.15, -0.1) is 0 Å². The molecule has 2 rings (SSSR count). The summed E-state index contributed by atoms with van der Waals surface area (Å²) in [6, 6.07) is 4.32. The van der Waals surface area contributed by atoms with Gasteiger partial charge in [0, 0.05) is 23.1 Å². The fraction of sp³-hybridized carbons (Fsp3) is 0.571. The van der Waals surface area contributed by atoms with Crippen LogP contribution in [0.2, 0.25) is 10.0 Å². The molecule has 0 saturated heterocycles. The Morgan fingerprint density at radius 1 is 1.19 bits per heavy atom. The van der Waals surface area contributed by atoms with Crippen molar-refractivity contribution in [2.45, 2.75) is 36.6 Å². The van der Waals surface area contributed by atoms with Gasteiger partial charge in [0.05, 0.1) is 4.90 Å². The first-order valence-electron chi connectivity index (χ1n) is 7.00. The standard InChI is InChI=1S/C14H20Cl2N2O2S/c1-18(14-5-3-2-4-10(14)9-17)21(19,20)13-7-11(15)6-12(16)8-13/h6-8,10,14H,2-5,9,17H2,1H3. The number of hydrogen-bond acceptors (Lipinski definition) is 3. The van der Waals surface area contributed by atoms with E-state index in [2.05, 4.69) is 0 Å². The Morgan fingerprint density at radius 2 is 1.76 bits per heavy atom. The molecule has 2 N–H and O–H groups in total. The highest BCUT2D eigenvalue weighted by Gasteiger charge is 2.34. The minimum Gasteiger partial charge on any atom is -0.330 e. The second kappa shape index (κ2) is 6.84. The van der Waals surface area contributed by atoms with E-state index in [0.29, 0.717) is 16.6 Å². The van der Waals surface area contributed by atoms with Crippen LogP contribution in [-0.4, -0.2) is 32.4 Å². The van der Waals surface area contributed by atoms with Crippen molar-refractivity contribution in [3.05, 3.63) is 28.2 Å². The van der Waals surface area contributed by atoms with Gasteiger partial charge in [0.15, 0.2) is 0 Å². The van der Waals surface area contributed by atoms with E-state index in [0.717, 1.165) is 25.7 Å². The Hall–Kier alpha value is -0.330. The molecule has 2 atom stereocenters. The molecular formula is C14H20Cl2N2O2S. The molecule has 1 aliphatic carbocycles. The van der Waals surface area contributed by atoms with Crippen LogP contribution in [0.15, 0.2) is 23.1 Å². The van der Waals surface area contributed by atoms with Crippen molar-refractivity contribution in [3.8, 4) is 0 Å². The molecule has 0 spiro atoms. The Balaban J connectivity index is 2.33. The van der Waals surface area contributed by atoms with Crippen molar-refractivity contribution in [1.29, 1.82) is 0 Å². The number of nitrogens with two attached hydrogens (primary N) is 1. The predicted octanol–water partition coefficient (Wildman–Crippen LogP) is 3.13. The van der Waals surface area contributed by atoms with Gasteiger partial charge in [0.1, 0.15) is 0 Å². The topological polar surface area (TPSA) is 63.4 Å². The maximum absolute atomic E-state index is 12.8.